The van der Waals surface area contributed by atoms with Crippen LogP contribution >= 0.6 is 11.8 Å². The summed E-state index contributed by atoms with van der Waals surface area (Å²) in [4.78, 5) is 0. The maximum Gasteiger partial charge on any atom is 0.166 e. The normalized spacial score (nSPS) is 36.4. The Labute approximate surface area is 89.4 Å². The molecular weight excluding hydrogens is 198 g/mol. The summed E-state index contributed by atoms with van der Waals surface area (Å²) in [6.07, 6.45) is -0.0549. The van der Waals surface area contributed by atoms with Gasteiger partial charge in [0.1, 0.15) is 0 Å². The summed E-state index contributed by atoms with van der Waals surface area (Å²) in [6, 6.07) is 2.26. The lowest BCUT2D eigenvalue weighted by Gasteiger charge is -2.30. The largest absolute Gasteiger partial charge is 0.391 e. The van der Waals surface area contributed by atoms with E-state index in [1.54, 1.807) is 25.6 Å². The van der Waals surface area contributed by atoms with E-state index >= 15 is 0 Å². The number of aliphatic hydroxyl groups excluding tert-OH is 1. The Morgan fingerprint density at radius 1 is 1.64 bits per heavy atom. The van der Waals surface area contributed by atoms with Crippen molar-refractivity contribution in [3.63, 3.8) is 0 Å². The summed E-state index contributed by atoms with van der Waals surface area (Å²) in [6.45, 7) is 5.50. The van der Waals surface area contributed by atoms with Gasteiger partial charge in [0.2, 0.25) is 0 Å². The molecule has 0 aromatic heterocycles. The first-order valence-corrected chi connectivity index (χ1v) is 5.95. The summed E-state index contributed by atoms with van der Waals surface area (Å²) in [5.74, 6) is 0.960. The molecule has 1 rings (SSSR count). The Bertz CT molecular complexity index is 239. The van der Waals surface area contributed by atoms with Gasteiger partial charge < -0.3 is 9.84 Å². The first kappa shape index (κ1) is 11.8. The Morgan fingerprint density at radius 3 is 2.64 bits per heavy atom. The smallest absolute Gasteiger partial charge is 0.166 e. The highest BCUT2D eigenvalue weighted by molar-refractivity contribution is 8.00. The van der Waals surface area contributed by atoms with Crippen LogP contribution in [-0.4, -0.2) is 33.9 Å². The van der Waals surface area contributed by atoms with Crippen LogP contribution in [0, 0.1) is 11.3 Å². The Hall–Kier alpha value is -0.240. The van der Waals surface area contributed by atoms with Crippen molar-refractivity contribution < 1.29 is 9.84 Å². The predicted octanol–water partition coefficient (Wildman–Crippen LogP) is 1.56. The van der Waals surface area contributed by atoms with Crippen LogP contribution in [0.15, 0.2) is 0 Å². The fourth-order valence-electron chi connectivity index (χ4n) is 1.48. The minimum atomic E-state index is -0.693. The molecule has 80 valence electrons. The minimum absolute atomic E-state index is 0.189. The van der Waals surface area contributed by atoms with Crippen molar-refractivity contribution in [1.29, 1.82) is 5.26 Å². The van der Waals surface area contributed by atoms with Crippen LogP contribution in [0.3, 0.4) is 0 Å². The van der Waals surface area contributed by atoms with E-state index in [4.69, 9.17) is 10.00 Å². The first-order valence-electron chi connectivity index (χ1n) is 4.90. The molecule has 1 fully saturated rings. The molecule has 14 heavy (non-hydrogen) atoms. The zero-order valence-electron chi connectivity index (χ0n) is 8.86. The highest BCUT2D eigenvalue weighted by Crippen LogP contribution is 2.39. The lowest BCUT2D eigenvalue weighted by molar-refractivity contribution is -0.0924. The third-order valence-electron chi connectivity index (χ3n) is 2.76. The standard InChI is InChI=1S/C10H17NO2S/c1-7(12)8(2)13-10(6-11)4-5-14-9(10)3/h7-9,12H,4-5H2,1-3H3. The van der Waals surface area contributed by atoms with Crippen LogP contribution in [0.4, 0.5) is 0 Å². The van der Waals surface area contributed by atoms with Gasteiger partial charge in [0.25, 0.3) is 0 Å². The highest BCUT2D eigenvalue weighted by Gasteiger charge is 2.44. The van der Waals surface area contributed by atoms with E-state index in [9.17, 15) is 5.11 Å². The van der Waals surface area contributed by atoms with Crippen molar-refractivity contribution in [1.82, 2.24) is 0 Å². The molecule has 1 N–H and O–H groups in total. The van der Waals surface area contributed by atoms with Gasteiger partial charge in [-0.3, -0.25) is 0 Å². The molecule has 0 saturated carbocycles. The van der Waals surface area contributed by atoms with Gasteiger partial charge >= 0.3 is 0 Å². The van der Waals surface area contributed by atoms with E-state index in [0.29, 0.717) is 0 Å². The second-order valence-corrected chi connectivity index (χ2v) is 5.28. The Balaban J connectivity index is 2.68. The third-order valence-corrected chi connectivity index (χ3v) is 4.08. The Kier molecular flexibility index (Phi) is 3.82. The van der Waals surface area contributed by atoms with Crippen LogP contribution < -0.4 is 0 Å². The highest BCUT2D eigenvalue weighted by atomic mass is 32.2. The number of rotatable bonds is 3. The van der Waals surface area contributed by atoms with Gasteiger partial charge in [-0.05, 0) is 32.9 Å². The lowest BCUT2D eigenvalue weighted by atomic mass is 9.98. The van der Waals surface area contributed by atoms with Gasteiger partial charge in [-0.25, -0.2) is 0 Å². The van der Waals surface area contributed by atoms with Gasteiger partial charge in [0.05, 0.1) is 18.3 Å². The van der Waals surface area contributed by atoms with Gasteiger partial charge in [-0.15, -0.1) is 0 Å². The van der Waals surface area contributed by atoms with Gasteiger partial charge in [0, 0.05) is 5.25 Å². The predicted molar refractivity (Wildman–Crippen MR) is 57.1 cm³/mol. The molecule has 1 saturated heterocycles. The van der Waals surface area contributed by atoms with Crippen molar-refractivity contribution in [2.45, 2.75) is 50.3 Å². The van der Waals surface area contributed by atoms with Gasteiger partial charge in [-0.2, -0.15) is 17.0 Å². The van der Waals surface area contributed by atoms with Crippen LogP contribution in [-0.2, 0) is 4.74 Å². The molecular formula is C10H17NO2S. The van der Waals surface area contributed by atoms with E-state index in [1.807, 2.05) is 6.92 Å². The summed E-state index contributed by atoms with van der Waals surface area (Å²) >= 11 is 1.75. The molecule has 0 aliphatic carbocycles. The summed E-state index contributed by atoms with van der Waals surface area (Å²) in [5.41, 5.74) is -0.693. The lowest BCUT2D eigenvalue weighted by Crippen LogP contribution is -2.42. The summed E-state index contributed by atoms with van der Waals surface area (Å²) in [7, 11) is 0. The molecule has 4 atom stereocenters. The van der Waals surface area contributed by atoms with Crippen molar-refractivity contribution in [2.24, 2.45) is 0 Å². The quantitative estimate of drug-likeness (QED) is 0.776. The fourth-order valence-corrected chi connectivity index (χ4v) is 2.75. The average molecular weight is 215 g/mol. The maximum absolute atomic E-state index is 9.34. The number of nitrogens with zero attached hydrogens (tertiary/aromatic N) is 1. The molecule has 1 aliphatic rings. The van der Waals surface area contributed by atoms with E-state index in [0.717, 1.165) is 12.2 Å². The zero-order chi connectivity index (χ0) is 10.8. The van der Waals surface area contributed by atoms with E-state index in [1.165, 1.54) is 0 Å². The molecule has 0 aromatic carbocycles. The average Bonchev–Trinajstić information content (AvgIpc) is 2.48. The van der Waals surface area contributed by atoms with E-state index < -0.39 is 11.7 Å². The van der Waals surface area contributed by atoms with Crippen molar-refractivity contribution >= 4 is 11.8 Å². The topological polar surface area (TPSA) is 53.2 Å². The molecule has 0 aromatic rings. The molecule has 0 spiro atoms. The zero-order valence-corrected chi connectivity index (χ0v) is 9.67. The SMILES string of the molecule is CC(O)C(C)OC1(C#N)CCSC1C. The van der Waals surface area contributed by atoms with Crippen LogP contribution in [0.2, 0.25) is 0 Å². The Morgan fingerprint density at radius 2 is 2.29 bits per heavy atom. The molecule has 0 radical (unpaired) electrons. The molecule has 0 amide bonds. The molecule has 0 bridgehead atoms. The monoisotopic (exact) mass is 215 g/mol. The third kappa shape index (κ3) is 2.22. The molecule has 3 nitrogen and oxygen atoms in total. The van der Waals surface area contributed by atoms with Crippen LogP contribution in [0.25, 0.3) is 0 Å². The number of aliphatic hydroxyl groups is 1. The molecule has 1 aliphatic heterocycles. The number of ether oxygens (including phenoxy) is 1. The second-order valence-electron chi connectivity index (χ2n) is 3.83. The number of hydrogen-bond acceptors (Lipinski definition) is 4. The molecule has 4 unspecified atom stereocenters. The van der Waals surface area contributed by atoms with Crippen LogP contribution in [0.5, 0.6) is 0 Å². The van der Waals surface area contributed by atoms with Gasteiger partial charge in [0.15, 0.2) is 5.60 Å². The number of thioether (sulfide) groups is 1. The molecule has 1 heterocycles. The summed E-state index contributed by atoms with van der Waals surface area (Å²) in [5, 5.41) is 18.7. The first-order chi connectivity index (χ1) is 6.52. The number of hydrogen-bond donors (Lipinski definition) is 1. The van der Waals surface area contributed by atoms with Crippen molar-refractivity contribution in [2.75, 3.05) is 5.75 Å². The maximum atomic E-state index is 9.34. The van der Waals surface area contributed by atoms with E-state index in [-0.39, 0.29) is 11.4 Å². The van der Waals surface area contributed by atoms with Crippen LogP contribution in [0.1, 0.15) is 27.2 Å². The van der Waals surface area contributed by atoms with Gasteiger partial charge in [-0.1, -0.05) is 0 Å². The molecule has 4 heteroatoms. The van der Waals surface area contributed by atoms with E-state index in [2.05, 4.69) is 6.07 Å². The summed E-state index contributed by atoms with van der Waals surface area (Å²) < 4.78 is 5.69. The second kappa shape index (κ2) is 4.52. The fraction of sp³-hybridized carbons (Fsp3) is 0.900. The number of nitriles is 1. The minimum Gasteiger partial charge on any atom is -0.391 e. The van der Waals surface area contributed by atoms with Crippen molar-refractivity contribution in [3.8, 4) is 6.07 Å². The van der Waals surface area contributed by atoms with Crippen molar-refractivity contribution in [3.05, 3.63) is 0 Å².